The van der Waals surface area contributed by atoms with Gasteiger partial charge in [-0.25, -0.2) is 9.78 Å². The normalized spacial score (nSPS) is 10.8. The molecule has 3 aromatic rings. The van der Waals surface area contributed by atoms with Crippen molar-refractivity contribution >= 4 is 40.2 Å². The number of carbonyl (C=O) groups is 2. The van der Waals surface area contributed by atoms with Crippen molar-refractivity contribution in [2.24, 2.45) is 0 Å². The van der Waals surface area contributed by atoms with Gasteiger partial charge in [-0.15, -0.1) is 0 Å². The highest BCUT2D eigenvalue weighted by molar-refractivity contribution is 7.99. The summed E-state index contributed by atoms with van der Waals surface area (Å²) >= 11 is 1.20. The zero-order chi connectivity index (χ0) is 22.9. The van der Waals surface area contributed by atoms with Crippen molar-refractivity contribution < 1.29 is 19.1 Å². The van der Waals surface area contributed by atoms with E-state index in [0.29, 0.717) is 53.5 Å². The quantitative estimate of drug-likeness (QED) is 0.217. The van der Waals surface area contributed by atoms with Gasteiger partial charge in [-0.1, -0.05) is 23.9 Å². The first-order valence-electron chi connectivity index (χ1n) is 10.2. The van der Waals surface area contributed by atoms with Crippen LogP contribution in [0.1, 0.15) is 23.7 Å². The number of fused-ring (bicyclic) bond motifs is 1. The molecule has 0 aliphatic rings. The Kier molecular flexibility index (Phi) is 8.41. The number of carbonyl (C=O) groups excluding carboxylic acids is 2. The number of benzene rings is 2. The molecule has 0 fully saturated rings. The Morgan fingerprint density at radius 1 is 1.12 bits per heavy atom. The molecule has 0 atom stereocenters. The van der Waals surface area contributed by atoms with Crippen molar-refractivity contribution in [3.63, 3.8) is 0 Å². The molecule has 1 heterocycles. The number of methoxy groups -OCH3 is 1. The number of aromatic nitrogens is 2. The topological polar surface area (TPSA) is 99.5 Å². The van der Waals surface area contributed by atoms with Crippen molar-refractivity contribution in [1.29, 1.82) is 0 Å². The van der Waals surface area contributed by atoms with Crippen LogP contribution in [0.2, 0.25) is 0 Å². The minimum Gasteiger partial charge on any atom is -0.462 e. The maximum atomic E-state index is 12.9. The molecule has 8 nitrogen and oxygen atoms in total. The van der Waals surface area contributed by atoms with Crippen LogP contribution in [-0.4, -0.2) is 47.5 Å². The maximum absolute atomic E-state index is 12.9. The summed E-state index contributed by atoms with van der Waals surface area (Å²) in [5.74, 6) is -0.575. The molecule has 1 aromatic heterocycles. The van der Waals surface area contributed by atoms with Gasteiger partial charge >= 0.3 is 5.97 Å². The maximum Gasteiger partial charge on any atom is 0.338 e. The highest BCUT2D eigenvalue weighted by atomic mass is 32.2. The summed E-state index contributed by atoms with van der Waals surface area (Å²) in [6.45, 7) is 3.01. The minimum atomic E-state index is -0.408. The number of nitrogens with one attached hydrogen (secondary N) is 1. The van der Waals surface area contributed by atoms with E-state index < -0.39 is 5.97 Å². The molecule has 32 heavy (non-hydrogen) atoms. The van der Waals surface area contributed by atoms with Gasteiger partial charge in [0.1, 0.15) is 0 Å². The molecule has 1 amide bonds. The summed E-state index contributed by atoms with van der Waals surface area (Å²) in [4.78, 5) is 41.7. The van der Waals surface area contributed by atoms with Crippen LogP contribution >= 0.6 is 11.8 Å². The Morgan fingerprint density at radius 2 is 1.88 bits per heavy atom. The molecule has 0 bridgehead atoms. The molecule has 0 aliphatic heterocycles. The molecule has 0 unspecified atom stereocenters. The Bertz CT molecular complexity index is 1140. The highest BCUT2D eigenvalue weighted by Crippen LogP contribution is 2.19. The van der Waals surface area contributed by atoms with Crippen molar-refractivity contribution in [1.82, 2.24) is 9.55 Å². The summed E-state index contributed by atoms with van der Waals surface area (Å²) in [6, 6.07) is 13.6. The van der Waals surface area contributed by atoms with Gasteiger partial charge in [0.2, 0.25) is 5.91 Å². The first-order valence-corrected chi connectivity index (χ1v) is 11.2. The van der Waals surface area contributed by atoms with Crippen LogP contribution in [-0.2, 0) is 20.8 Å². The number of rotatable bonds is 10. The Balaban J connectivity index is 1.70. The summed E-state index contributed by atoms with van der Waals surface area (Å²) in [7, 11) is 1.61. The predicted molar refractivity (Wildman–Crippen MR) is 124 cm³/mol. The van der Waals surface area contributed by atoms with Gasteiger partial charge in [0.05, 0.1) is 28.8 Å². The van der Waals surface area contributed by atoms with E-state index in [-0.39, 0.29) is 17.2 Å². The molecule has 0 spiro atoms. The number of nitrogens with zero attached hydrogens (tertiary/aromatic N) is 2. The van der Waals surface area contributed by atoms with Crippen LogP contribution < -0.4 is 10.9 Å². The number of ether oxygens (including phenoxy) is 2. The number of para-hydroxylation sites is 1. The van der Waals surface area contributed by atoms with Crippen molar-refractivity contribution in [3.8, 4) is 0 Å². The minimum absolute atomic E-state index is 0.0781. The van der Waals surface area contributed by atoms with Gasteiger partial charge in [0.15, 0.2) is 5.16 Å². The molecular weight excluding hydrogens is 430 g/mol. The fraction of sp³-hybridized carbons (Fsp3) is 0.304. The standard InChI is InChI=1S/C23H25N3O5S/c1-3-31-22(29)16-9-11-17(12-10-16)24-20(27)15-32-23-25-19-8-5-4-7-18(19)21(28)26(23)13-6-14-30-2/h4-5,7-12H,3,6,13-15H2,1-2H3,(H,24,27). The number of esters is 1. The van der Waals surface area contributed by atoms with E-state index in [2.05, 4.69) is 10.3 Å². The smallest absolute Gasteiger partial charge is 0.338 e. The van der Waals surface area contributed by atoms with Crippen LogP contribution in [0, 0.1) is 0 Å². The average molecular weight is 456 g/mol. The Hall–Kier alpha value is -3.17. The largest absolute Gasteiger partial charge is 0.462 e. The highest BCUT2D eigenvalue weighted by Gasteiger charge is 2.14. The third-order valence-electron chi connectivity index (χ3n) is 4.57. The molecule has 0 saturated heterocycles. The molecule has 9 heteroatoms. The zero-order valence-corrected chi connectivity index (χ0v) is 18.8. The van der Waals surface area contributed by atoms with E-state index in [9.17, 15) is 14.4 Å². The second-order valence-electron chi connectivity index (χ2n) is 6.85. The summed E-state index contributed by atoms with van der Waals surface area (Å²) in [6.07, 6.45) is 0.656. The lowest BCUT2D eigenvalue weighted by atomic mass is 10.2. The van der Waals surface area contributed by atoms with Crippen LogP contribution in [0.15, 0.2) is 58.5 Å². The summed E-state index contributed by atoms with van der Waals surface area (Å²) < 4.78 is 11.6. The zero-order valence-electron chi connectivity index (χ0n) is 18.0. The van der Waals surface area contributed by atoms with Gasteiger partial charge in [-0.05, 0) is 49.7 Å². The number of thioether (sulfide) groups is 1. The van der Waals surface area contributed by atoms with Gasteiger partial charge in [0.25, 0.3) is 5.56 Å². The average Bonchev–Trinajstić information content (AvgIpc) is 2.80. The van der Waals surface area contributed by atoms with E-state index in [4.69, 9.17) is 9.47 Å². The van der Waals surface area contributed by atoms with Gasteiger partial charge in [0, 0.05) is 25.9 Å². The van der Waals surface area contributed by atoms with Crippen molar-refractivity contribution in [2.75, 3.05) is 31.4 Å². The fourth-order valence-electron chi connectivity index (χ4n) is 3.05. The number of hydrogen-bond donors (Lipinski definition) is 1. The Morgan fingerprint density at radius 3 is 2.59 bits per heavy atom. The van der Waals surface area contributed by atoms with Crippen LogP contribution in [0.25, 0.3) is 10.9 Å². The lowest BCUT2D eigenvalue weighted by Gasteiger charge is -2.13. The van der Waals surface area contributed by atoms with E-state index in [0.717, 1.165) is 0 Å². The lowest BCUT2D eigenvalue weighted by molar-refractivity contribution is -0.113. The lowest BCUT2D eigenvalue weighted by Crippen LogP contribution is -2.25. The molecular formula is C23H25N3O5S. The second-order valence-corrected chi connectivity index (χ2v) is 7.79. The van der Waals surface area contributed by atoms with Crippen molar-refractivity contribution in [2.45, 2.75) is 25.0 Å². The summed E-state index contributed by atoms with van der Waals surface area (Å²) in [5, 5.41) is 3.81. The predicted octanol–water partition coefficient (Wildman–Crippen LogP) is 3.34. The Labute approximate surface area is 189 Å². The van der Waals surface area contributed by atoms with Gasteiger partial charge in [-0.3, -0.25) is 14.2 Å². The SMILES string of the molecule is CCOC(=O)c1ccc(NC(=O)CSc2nc3ccccc3c(=O)n2CCCOC)cc1. The van der Waals surface area contributed by atoms with Crippen LogP contribution in [0.4, 0.5) is 5.69 Å². The molecule has 0 radical (unpaired) electrons. The van der Waals surface area contributed by atoms with E-state index in [1.165, 1.54) is 11.8 Å². The molecule has 0 aliphatic carbocycles. The van der Waals surface area contributed by atoms with Crippen LogP contribution in [0.5, 0.6) is 0 Å². The van der Waals surface area contributed by atoms with E-state index in [1.54, 1.807) is 61.1 Å². The first kappa shape index (κ1) is 23.5. The van der Waals surface area contributed by atoms with Crippen LogP contribution in [0.3, 0.4) is 0 Å². The van der Waals surface area contributed by atoms with Crippen molar-refractivity contribution in [3.05, 3.63) is 64.4 Å². The second kappa shape index (κ2) is 11.4. The number of anilines is 1. The van der Waals surface area contributed by atoms with E-state index in [1.807, 2.05) is 6.07 Å². The number of hydrogen-bond acceptors (Lipinski definition) is 7. The third kappa shape index (κ3) is 5.95. The molecule has 168 valence electrons. The molecule has 3 rings (SSSR count). The summed E-state index contributed by atoms with van der Waals surface area (Å²) in [5.41, 5.74) is 1.44. The molecule has 0 saturated carbocycles. The van der Waals surface area contributed by atoms with E-state index >= 15 is 0 Å². The van der Waals surface area contributed by atoms with Gasteiger partial charge < -0.3 is 14.8 Å². The van der Waals surface area contributed by atoms with Gasteiger partial charge in [-0.2, -0.15) is 0 Å². The third-order valence-corrected chi connectivity index (χ3v) is 5.55. The fourth-order valence-corrected chi connectivity index (χ4v) is 3.88. The number of amides is 1. The monoisotopic (exact) mass is 455 g/mol. The molecule has 2 aromatic carbocycles. The first-order chi connectivity index (χ1) is 15.5. The molecule has 1 N–H and O–H groups in total.